The summed E-state index contributed by atoms with van der Waals surface area (Å²) < 4.78 is 27.2. The maximum absolute atomic E-state index is 12.9. The Kier molecular flexibility index (Phi) is 6.01. The molecule has 0 radical (unpaired) electrons. The molecule has 1 fully saturated rings. The van der Waals surface area contributed by atoms with Gasteiger partial charge in [0.15, 0.2) is 5.78 Å². The third kappa shape index (κ3) is 4.24. The number of sulfonamides is 1. The van der Waals surface area contributed by atoms with Crippen molar-refractivity contribution in [3.8, 4) is 0 Å². The Morgan fingerprint density at radius 1 is 1.00 bits per heavy atom. The van der Waals surface area contributed by atoms with E-state index in [4.69, 9.17) is 11.6 Å². The Labute approximate surface area is 165 Å². The molecular formula is C20H23ClN2O3S. The zero-order chi connectivity index (χ0) is 19.6. The SMILES string of the molecule is CC(=O)c1ccc(S(=O)(=O)N2CCN([C@H](C)c3ccccc3Cl)CC2)cc1. The van der Waals surface area contributed by atoms with Crippen LogP contribution < -0.4 is 0 Å². The van der Waals surface area contributed by atoms with Gasteiger partial charge in [-0.05, 0) is 37.6 Å². The summed E-state index contributed by atoms with van der Waals surface area (Å²) in [4.78, 5) is 13.8. The number of ketones is 1. The summed E-state index contributed by atoms with van der Waals surface area (Å²) in [5.41, 5.74) is 1.56. The van der Waals surface area contributed by atoms with E-state index in [0.717, 1.165) is 10.6 Å². The molecule has 1 atom stereocenters. The van der Waals surface area contributed by atoms with E-state index in [1.807, 2.05) is 24.3 Å². The molecule has 0 spiro atoms. The highest BCUT2D eigenvalue weighted by Crippen LogP contribution is 2.28. The number of rotatable bonds is 5. The molecule has 27 heavy (non-hydrogen) atoms. The number of hydrogen-bond donors (Lipinski definition) is 0. The van der Waals surface area contributed by atoms with Crippen molar-refractivity contribution < 1.29 is 13.2 Å². The van der Waals surface area contributed by atoms with E-state index >= 15 is 0 Å². The third-order valence-corrected chi connectivity index (χ3v) is 7.33. The topological polar surface area (TPSA) is 57.7 Å². The van der Waals surface area contributed by atoms with E-state index in [2.05, 4.69) is 11.8 Å². The van der Waals surface area contributed by atoms with Gasteiger partial charge in [-0.15, -0.1) is 0 Å². The summed E-state index contributed by atoms with van der Waals surface area (Å²) in [5, 5.41) is 0.727. The lowest BCUT2D eigenvalue weighted by Gasteiger charge is -2.37. The Morgan fingerprint density at radius 2 is 1.59 bits per heavy atom. The highest BCUT2D eigenvalue weighted by Gasteiger charge is 2.30. The molecular weight excluding hydrogens is 384 g/mol. The van der Waals surface area contributed by atoms with Gasteiger partial charge in [0.05, 0.1) is 4.90 Å². The third-order valence-electron chi connectivity index (χ3n) is 5.07. The lowest BCUT2D eigenvalue weighted by molar-refractivity contribution is 0.101. The van der Waals surface area contributed by atoms with E-state index in [1.165, 1.54) is 23.4 Å². The van der Waals surface area contributed by atoms with Gasteiger partial charge in [0.2, 0.25) is 10.0 Å². The monoisotopic (exact) mass is 406 g/mol. The standard InChI is InChI=1S/C20H23ClN2O3S/c1-15(19-5-3-4-6-20(19)21)22-11-13-23(14-12-22)27(25,26)18-9-7-17(8-10-18)16(2)24/h3-10,15H,11-14H2,1-2H3/t15-/m1/s1. The second-order valence-electron chi connectivity index (χ2n) is 6.72. The zero-order valence-corrected chi connectivity index (χ0v) is 17.0. The van der Waals surface area contributed by atoms with Gasteiger partial charge in [-0.1, -0.05) is 41.9 Å². The van der Waals surface area contributed by atoms with Crippen molar-refractivity contribution in [3.05, 3.63) is 64.7 Å². The van der Waals surface area contributed by atoms with Crippen LogP contribution in [0.1, 0.15) is 35.8 Å². The molecule has 0 saturated carbocycles. The molecule has 0 aromatic heterocycles. The average Bonchev–Trinajstić information content (AvgIpc) is 2.68. The zero-order valence-electron chi connectivity index (χ0n) is 15.4. The molecule has 1 heterocycles. The minimum absolute atomic E-state index is 0.0823. The molecule has 0 unspecified atom stereocenters. The molecule has 2 aromatic carbocycles. The number of carbonyl (C=O) groups is 1. The van der Waals surface area contributed by atoms with Crippen LogP contribution in [0, 0.1) is 0 Å². The molecule has 0 aliphatic carbocycles. The van der Waals surface area contributed by atoms with Crippen LogP contribution in [0.2, 0.25) is 5.02 Å². The highest BCUT2D eigenvalue weighted by atomic mass is 35.5. The molecule has 3 rings (SSSR count). The maximum atomic E-state index is 12.9. The molecule has 0 bridgehead atoms. The van der Waals surface area contributed by atoms with Crippen LogP contribution in [0.25, 0.3) is 0 Å². The lowest BCUT2D eigenvalue weighted by atomic mass is 10.1. The summed E-state index contributed by atoms with van der Waals surface area (Å²) >= 11 is 6.30. The first-order chi connectivity index (χ1) is 12.8. The number of carbonyl (C=O) groups excluding carboxylic acids is 1. The van der Waals surface area contributed by atoms with Crippen molar-refractivity contribution in [2.75, 3.05) is 26.2 Å². The van der Waals surface area contributed by atoms with E-state index in [1.54, 1.807) is 12.1 Å². The van der Waals surface area contributed by atoms with Gasteiger partial charge in [-0.3, -0.25) is 9.69 Å². The van der Waals surface area contributed by atoms with Gasteiger partial charge in [0.1, 0.15) is 0 Å². The molecule has 1 aliphatic rings. The Morgan fingerprint density at radius 3 is 2.15 bits per heavy atom. The normalized spacial score (nSPS) is 17.6. The van der Waals surface area contributed by atoms with Crippen molar-refractivity contribution in [1.82, 2.24) is 9.21 Å². The van der Waals surface area contributed by atoms with Crippen molar-refractivity contribution in [2.24, 2.45) is 0 Å². The summed E-state index contributed by atoms with van der Waals surface area (Å²) in [6, 6.07) is 14.0. The van der Waals surface area contributed by atoms with Gasteiger partial charge in [-0.2, -0.15) is 4.31 Å². The fourth-order valence-corrected chi connectivity index (χ4v) is 5.07. The smallest absolute Gasteiger partial charge is 0.243 e. The second-order valence-corrected chi connectivity index (χ2v) is 9.06. The summed E-state index contributed by atoms with van der Waals surface area (Å²) in [7, 11) is -3.56. The van der Waals surface area contributed by atoms with E-state index < -0.39 is 10.0 Å². The average molecular weight is 407 g/mol. The highest BCUT2D eigenvalue weighted by molar-refractivity contribution is 7.89. The van der Waals surface area contributed by atoms with Crippen LogP contribution in [0.5, 0.6) is 0 Å². The molecule has 0 N–H and O–H groups in total. The van der Waals surface area contributed by atoms with Crippen molar-refractivity contribution in [2.45, 2.75) is 24.8 Å². The van der Waals surface area contributed by atoms with Crippen LogP contribution in [-0.4, -0.2) is 49.6 Å². The fraction of sp³-hybridized carbons (Fsp3) is 0.350. The minimum atomic E-state index is -3.56. The number of hydrogen-bond acceptors (Lipinski definition) is 4. The predicted octanol–water partition coefficient (Wildman–Crippen LogP) is 3.61. The molecule has 5 nitrogen and oxygen atoms in total. The maximum Gasteiger partial charge on any atom is 0.243 e. The van der Waals surface area contributed by atoms with E-state index in [-0.39, 0.29) is 16.7 Å². The van der Waals surface area contributed by atoms with Crippen LogP contribution in [-0.2, 0) is 10.0 Å². The van der Waals surface area contributed by atoms with Gasteiger partial charge in [0.25, 0.3) is 0 Å². The van der Waals surface area contributed by atoms with E-state index in [9.17, 15) is 13.2 Å². The summed E-state index contributed by atoms with van der Waals surface area (Å²) in [6.45, 7) is 5.67. The number of nitrogens with zero attached hydrogens (tertiary/aromatic N) is 2. The lowest BCUT2D eigenvalue weighted by Crippen LogP contribution is -2.49. The molecule has 1 saturated heterocycles. The van der Waals surface area contributed by atoms with Gasteiger partial charge >= 0.3 is 0 Å². The Balaban J connectivity index is 1.69. The summed E-state index contributed by atoms with van der Waals surface area (Å²) in [5.74, 6) is -0.0823. The molecule has 144 valence electrons. The molecule has 1 aliphatic heterocycles. The molecule has 0 amide bonds. The quantitative estimate of drug-likeness (QED) is 0.712. The number of halogens is 1. The van der Waals surface area contributed by atoms with Gasteiger partial charge in [-0.25, -0.2) is 8.42 Å². The van der Waals surface area contributed by atoms with Crippen LogP contribution in [0.4, 0.5) is 0 Å². The largest absolute Gasteiger partial charge is 0.295 e. The predicted molar refractivity (Wildman–Crippen MR) is 107 cm³/mol. The summed E-state index contributed by atoms with van der Waals surface area (Å²) in [6.07, 6.45) is 0. The first-order valence-corrected chi connectivity index (χ1v) is 10.7. The van der Waals surface area contributed by atoms with Crippen molar-refractivity contribution in [3.63, 3.8) is 0 Å². The number of piperazine rings is 1. The second kappa shape index (κ2) is 8.10. The number of benzene rings is 2. The first-order valence-electron chi connectivity index (χ1n) is 8.90. The van der Waals surface area contributed by atoms with Crippen molar-refractivity contribution >= 4 is 27.4 Å². The Hall–Kier alpha value is -1.73. The van der Waals surface area contributed by atoms with Gasteiger partial charge < -0.3 is 0 Å². The molecule has 7 heteroatoms. The van der Waals surface area contributed by atoms with Crippen LogP contribution in [0.15, 0.2) is 53.4 Å². The minimum Gasteiger partial charge on any atom is -0.295 e. The number of Topliss-reactive ketones (excluding diaryl/α,β-unsaturated/α-hetero) is 1. The van der Waals surface area contributed by atoms with Crippen molar-refractivity contribution in [1.29, 1.82) is 0 Å². The van der Waals surface area contributed by atoms with Gasteiger partial charge in [0, 0.05) is 42.8 Å². The van der Waals surface area contributed by atoms with E-state index in [0.29, 0.717) is 31.7 Å². The molecule has 2 aromatic rings. The fourth-order valence-electron chi connectivity index (χ4n) is 3.35. The first kappa shape index (κ1) is 20.0. The Bertz CT molecular complexity index is 920. The van der Waals surface area contributed by atoms with Crippen LogP contribution in [0.3, 0.4) is 0 Å². The van der Waals surface area contributed by atoms with Crippen LogP contribution >= 0.6 is 11.6 Å².